The molecule has 27 heavy (non-hydrogen) atoms. The largest absolute Gasteiger partial charge is 0.490 e. The summed E-state index contributed by atoms with van der Waals surface area (Å²) in [7, 11) is 0. The van der Waals surface area contributed by atoms with E-state index in [2.05, 4.69) is 20.9 Å². The minimum Gasteiger partial charge on any atom is -0.490 e. The van der Waals surface area contributed by atoms with Gasteiger partial charge in [0.1, 0.15) is 18.1 Å². The van der Waals surface area contributed by atoms with Crippen molar-refractivity contribution in [2.24, 2.45) is 0 Å². The molecule has 3 heterocycles. The standard InChI is InChI=1S/C19H21N5O3/c25-18-12-24(7-5-22-18)14-3-4-20-16(10-14)19(26)23-11-13-1-2-15-17(9-13)27-8-6-21-15/h1-4,9-10,21H,5-8,11-12H2,(H,22,25)(H,23,26). The molecule has 1 aromatic heterocycles. The second-order valence-electron chi connectivity index (χ2n) is 6.46. The number of aromatic nitrogens is 1. The first kappa shape index (κ1) is 17.1. The lowest BCUT2D eigenvalue weighted by atomic mass is 10.1. The Morgan fingerprint density at radius 3 is 3.04 bits per heavy atom. The van der Waals surface area contributed by atoms with Gasteiger partial charge in [-0.3, -0.25) is 14.6 Å². The molecule has 2 aromatic rings. The van der Waals surface area contributed by atoms with E-state index in [0.717, 1.165) is 29.2 Å². The van der Waals surface area contributed by atoms with E-state index < -0.39 is 0 Å². The third-order valence-electron chi connectivity index (χ3n) is 4.55. The van der Waals surface area contributed by atoms with Crippen molar-refractivity contribution in [2.45, 2.75) is 6.54 Å². The van der Waals surface area contributed by atoms with E-state index in [4.69, 9.17) is 4.74 Å². The molecule has 8 heteroatoms. The Labute approximate surface area is 156 Å². The van der Waals surface area contributed by atoms with Gasteiger partial charge >= 0.3 is 0 Å². The first-order chi connectivity index (χ1) is 13.2. The first-order valence-electron chi connectivity index (χ1n) is 8.94. The van der Waals surface area contributed by atoms with Gasteiger partial charge in [-0.1, -0.05) is 6.07 Å². The van der Waals surface area contributed by atoms with Crippen molar-refractivity contribution in [2.75, 3.05) is 43.0 Å². The predicted molar refractivity (Wildman–Crippen MR) is 101 cm³/mol. The van der Waals surface area contributed by atoms with Crippen LogP contribution >= 0.6 is 0 Å². The summed E-state index contributed by atoms with van der Waals surface area (Å²) in [5.41, 5.74) is 3.07. The number of fused-ring (bicyclic) bond motifs is 1. The number of amides is 2. The minimum absolute atomic E-state index is 0.0202. The number of nitrogens with one attached hydrogen (secondary N) is 3. The topological polar surface area (TPSA) is 95.6 Å². The number of piperazine rings is 1. The highest BCUT2D eigenvalue weighted by Gasteiger charge is 2.18. The van der Waals surface area contributed by atoms with Crippen LogP contribution in [0, 0.1) is 0 Å². The van der Waals surface area contributed by atoms with Gasteiger partial charge in [0.2, 0.25) is 5.91 Å². The summed E-state index contributed by atoms with van der Waals surface area (Å²) in [6, 6.07) is 9.36. The maximum atomic E-state index is 12.5. The lowest BCUT2D eigenvalue weighted by Crippen LogP contribution is -2.47. The van der Waals surface area contributed by atoms with E-state index in [9.17, 15) is 9.59 Å². The molecule has 0 radical (unpaired) electrons. The highest BCUT2D eigenvalue weighted by Crippen LogP contribution is 2.28. The Balaban J connectivity index is 1.41. The smallest absolute Gasteiger partial charge is 0.270 e. The molecule has 0 aliphatic carbocycles. The van der Waals surface area contributed by atoms with Crippen LogP contribution < -0.4 is 25.6 Å². The second-order valence-corrected chi connectivity index (χ2v) is 6.46. The fraction of sp³-hybridized carbons (Fsp3) is 0.316. The SMILES string of the molecule is O=C1CN(c2ccnc(C(=O)NCc3ccc4c(c3)OCCN4)c2)CCN1. The van der Waals surface area contributed by atoms with Gasteiger partial charge in [-0.25, -0.2) is 0 Å². The van der Waals surface area contributed by atoms with Crippen LogP contribution in [-0.4, -0.2) is 49.6 Å². The van der Waals surface area contributed by atoms with Gasteiger partial charge in [0.25, 0.3) is 5.91 Å². The van der Waals surface area contributed by atoms with Gasteiger partial charge in [0, 0.05) is 38.1 Å². The minimum atomic E-state index is -0.255. The molecule has 8 nitrogen and oxygen atoms in total. The summed E-state index contributed by atoms with van der Waals surface area (Å²) in [5, 5.41) is 8.94. The van der Waals surface area contributed by atoms with E-state index in [0.29, 0.717) is 31.9 Å². The molecule has 0 atom stereocenters. The van der Waals surface area contributed by atoms with Gasteiger partial charge in [-0.05, 0) is 29.8 Å². The molecule has 2 aliphatic heterocycles. The molecule has 0 spiro atoms. The molecule has 0 bridgehead atoms. The zero-order valence-electron chi connectivity index (χ0n) is 14.8. The Morgan fingerprint density at radius 2 is 2.15 bits per heavy atom. The van der Waals surface area contributed by atoms with E-state index in [-0.39, 0.29) is 18.4 Å². The Kier molecular flexibility index (Phi) is 4.78. The summed E-state index contributed by atoms with van der Waals surface area (Å²) in [6.45, 7) is 3.40. The number of anilines is 2. The maximum Gasteiger partial charge on any atom is 0.270 e. The van der Waals surface area contributed by atoms with Crippen LogP contribution in [0.25, 0.3) is 0 Å². The van der Waals surface area contributed by atoms with E-state index in [1.807, 2.05) is 29.2 Å². The summed E-state index contributed by atoms with van der Waals surface area (Å²) in [4.78, 5) is 30.2. The number of benzene rings is 1. The molecule has 3 N–H and O–H groups in total. The first-order valence-corrected chi connectivity index (χ1v) is 8.94. The van der Waals surface area contributed by atoms with Crippen molar-refractivity contribution < 1.29 is 14.3 Å². The molecule has 0 unspecified atom stereocenters. The van der Waals surface area contributed by atoms with Crippen LogP contribution in [0.1, 0.15) is 16.1 Å². The molecule has 4 rings (SSSR count). The van der Waals surface area contributed by atoms with Crippen LogP contribution in [0.5, 0.6) is 5.75 Å². The lowest BCUT2D eigenvalue weighted by molar-refractivity contribution is -0.120. The zero-order valence-corrected chi connectivity index (χ0v) is 14.8. The molecular formula is C19H21N5O3. The summed E-state index contributed by atoms with van der Waals surface area (Å²) in [5.74, 6) is 0.528. The molecule has 0 saturated carbocycles. The molecule has 1 fully saturated rings. The molecular weight excluding hydrogens is 346 g/mol. The number of carbonyl (C=O) groups is 2. The highest BCUT2D eigenvalue weighted by molar-refractivity contribution is 5.93. The van der Waals surface area contributed by atoms with E-state index in [1.54, 1.807) is 12.3 Å². The van der Waals surface area contributed by atoms with Crippen molar-refractivity contribution in [1.82, 2.24) is 15.6 Å². The molecule has 2 aliphatic rings. The average Bonchev–Trinajstić information content (AvgIpc) is 2.72. The van der Waals surface area contributed by atoms with Crippen molar-refractivity contribution in [1.29, 1.82) is 0 Å². The fourth-order valence-corrected chi connectivity index (χ4v) is 3.16. The van der Waals surface area contributed by atoms with Crippen molar-refractivity contribution in [3.8, 4) is 5.75 Å². The summed E-state index contributed by atoms with van der Waals surface area (Å²) in [6.07, 6.45) is 1.59. The van der Waals surface area contributed by atoms with E-state index >= 15 is 0 Å². The maximum absolute atomic E-state index is 12.5. The lowest BCUT2D eigenvalue weighted by Gasteiger charge is -2.28. The number of pyridine rings is 1. The Hall–Kier alpha value is -3.29. The van der Waals surface area contributed by atoms with Crippen molar-refractivity contribution >= 4 is 23.2 Å². The quantitative estimate of drug-likeness (QED) is 0.738. The van der Waals surface area contributed by atoms with Crippen LogP contribution in [-0.2, 0) is 11.3 Å². The molecule has 140 valence electrons. The third kappa shape index (κ3) is 3.94. The van der Waals surface area contributed by atoms with Gasteiger partial charge in [0.15, 0.2) is 0 Å². The van der Waals surface area contributed by atoms with Crippen LogP contribution in [0.3, 0.4) is 0 Å². The molecule has 2 amide bonds. The second kappa shape index (κ2) is 7.53. The van der Waals surface area contributed by atoms with Gasteiger partial charge < -0.3 is 25.6 Å². The van der Waals surface area contributed by atoms with E-state index in [1.165, 1.54) is 0 Å². The predicted octanol–water partition coefficient (Wildman–Crippen LogP) is 0.752. The normalized spacial score (nSPS) is 15.9. The van der Waals surface area contributed by atoms with Crippen molar-refractivity contribution in [3.05, 3.63) is 47.8 Å². The molecule has 1 saturated heterocycles. The number of hydrogen-bond acceptors (Lipinski definition) is 6. The van der Waals surface area contributed by atoms with Gasteiger partial charge in [0.05, 0.1) is 12.2 Å². The van der Waals surface area contributed by atoms with Crippen molar-refractivity contribution in [3.63, 3.8) is 0 Å². The van der Waals surface area contributed by atoms with Crippen LogP contribution in [0.2, 0.25) is 0 Å². The van der Waals surface area contributed by atoms with Gasteiger partial charge in [-0.2, -0.15) is 0 Å². The number of ether oxygens (including phenoxy) is 1. The highest BCUT2D eigenvalue weighted by atomic mass is 16.5. The average molecular weight is 367 g/mol. The summed E-state index contributed by atoms with van der Waals surface area (Å²) < 4.78 is 5.62. The van der Waals surface area contributed by atoms with Gasteiger partial charge in [-0.15, -0.1) is 0 Å². The third-order valence-corrected chi connectivity index (χ3v) is 4.55. The Morgan fingerprint density at radius 1 is 1.22 bits per heavy atom. The molecule has 1 aromatic carbocycles. The fourth-order valence-electron chi connectivity index (χ4n) is 3.16. The monoisotopic (exact) mass is 367 g/mol. The van der Waals surface area contributed by atoms with Crippen LogP contribution in [0.4, 0.5) is 11.4 Å². The Bertz CT molecular complexity index is 870. The number of nitrogens with zero attached hydrogens (tertiary/aromatic N) is 2. The summed E-state index contributed by atoms with van der Waals surface area (Å²) >= 11 is 0. The number of rotatable bonds is 4. The zero-order chi connectivity index (χ0) is 18.6. The van der Waals surface area contributed by atoms with Crippen LogP contribution in [0.15, 0.2) is 36.5 Å². The number of hydrogen-bond donors (Lipinski definition) is 3. The number of carbonyl (C=O) groups excluding carboxylic acids is 2.